The van der Waals surface area contributed by atoms with Gasteiger partial charge < -0.3 is 0 Å². The van der Waals surface area contributed by atoms with Crippen LogP contribution in [0.3, 0.4) is 0 Å². The third-order valence-electron chi connectivity index (χ3n) is 3.47. The maximum atomic E-state index is 11.5. The van der Waals surface area contributed by atoms with Crippen molar-refractivity contribution in [3.8, 4) is 0 Å². The fourth-order valence-corrected chi connectivity index (χ4v) is 2.41. The molecule has 1 aliphatic heterocycles. The Balaban J connectivity index is 2.02. The van der Waals surface area contributed by atoms with Crippen LogP contribution in [0.15, 0.2) is 24.3 Å². The average Bonchev–Trinajstić information content (AvgIpc) is 2.78. The molecule has 4 nitrogen and oxygen atoms in total. The molecule has 0 saturated carbocycles. The first-order valence-electron chi connectivity index (χ1n) is 6.64. The van der Waals surface area contributed by atoms with Gasteiger partial charge >= 0.3 is 0 Å². The number of aromatic nitrogens is 1. The van der Waals surface area contributed by atoms with E-state index >= 15 is 0 Å². The zero-order valence-corrected chi connectivity index (χ0v) is 11.2. The van der Waals surface area contributed by atoms with Gasteiger partial charge in [0.1, 0.15) is 0 Å². The molecule has 0 radical (unpaired) electrons. The standard InChI is InChI=1S/C15H17N3O/c1-3-14(19)17-18-7-6-12-9-11-5-4-10(2)8-13(11)16-15(12)18/h4-5,8-9H,3,6-7H2,1-2H3,(H,17,19). The Morgan fingerprint density at radius 2 is 2.26 bits per heavy atom. The molecule has 3 rings (SSSR count). The van der Waals surface area contributed by atoms with Crippen molar-refractivity contribution in [3.05, 3.63) is 35.4 Å². The van der Waals surface area contributed by atoms with Crippen molar-refractivity contribution in [1.29, 1.82) is 0 Å². The Labute approximate surface area is 112 Å². The highest BCUT2D eigenvalue weighted by atomic mass is 16.2. The van der Waals surface area contributed by atoms with Crippen LogP contribution in [0, 0.1) is 6.92 Å². The molecule has 1 aromatic heterocycles. The number of carbonyl (C=O) groups is 1. The first kappa shape index (κ1) is 12.0. The number of hydrogen-bond donors (Lipinski definition) is 1. The molecule has 19 heavy (non-hydrogen) atoms. The number of amides is 1. The quantitative estimate of drug-likeness (QED) is 0.896. The average molecular weight is 255 g/mol. The van der Waals surface area contributed by atoms with Crippen LogP contribution in [0.25, 0.3) is 10.9 Å². The van der Waals surface area contributed by atoms with Crippen molar-refractivity contribution in [2.45, 2.75) is 26.7 Å². The molecule has 4 heteroatoms. The Kier molecular flexibility index (Phi) is 2.85. The number of nitrogens with zero attached hydrogens (tertiary/aromatic N) is 2. The van der Waals surface area contributed by atoms with Gasteiger partial charge in [0.2, 0.25) is 5.91 Å². The molecule has 0 aliphatic carbocycles. The summed E-state index contributed by atoms with van der Waals surface area (Å²) in [6.45, 7) is 4.71. The lowest BCUT2D eigenvalue weighted by atomic mass is 10.1. The smallest absolute Gasteiger partial charge is 0.238 e. The molecule has 1 aromatic carbocycles. The van der Waals surface area contributed by atoms with E-state index in [-0.39, 0.29) is 5.91 Å². The van der Waals surface area contributed by atoms with Gasteiger partial charge in [-0.2, -0.15) is 0 Å². The molecule has 0 spiro atoms. The molecule has 1 amide bonds. The highest BCUT2D eigenvalue weighted by Crippen LogP contribution is 2.28. The maximum absolute atomic E-state index is 11.5. The first-order valence-corrected chi connectivity index (χ1v) is 6.64. The predicted octanol–water partition coefficient (Wildman–Crippen LogP) is 2.35. The Bertz CT molecular complexity index is 651. The van der Waals surface area contributed by atoms with Gasteiger partial charge in [0.25, 0.3) is 0 Å². The van der Waals surface area contributed by atoms with E-state index in [1.54, 1.807) is 0 Å². The van der Waals surface area contributed by atoms with Gasteiger partial charge in [-0.3, -0.25) is 15.2 Å². The molecule has 0 saturated heterocycles. The number of nitrogens with one attached hydrogen (secondary N) is 1. The number of fused-ring (bicyclic) bond motifs is 2. The Morgan fingerprint density at radius 1 is 1.42 bits per heavy atom. The Hall–Kier alpha value is -2.10. The highest BCUT2D eigenvalue weighted by Gasteiger charge is 2.22. The van der Waals surface area contributed by atoms with Crippen LogP contribution in [0.1, 0.15) is 24.5 Å². The minimum atomic E-state index is 0.0268. The second-order valence-electron chi connectivity index (χ2n) is 4.96. The summed E-state index contributed by atoms with van der Waals surface area (Å²) in [6, 6.07) is 8.45. The van der Waals surface area contributed by atoms with Crippen LogP contribution in [0.5, 0.6) is 0 Å². The number of hydrogen-bond acceptors (Lipinski definition) is 3. The van der Waals surface area contributed by atoms with E-state index in [9.17, 15) is 4.79 Å². The van der Waals surface area contributed by atoms with Crippen LogP contribution >= 0.6 is 0 Å². The molecular weight excluding hydrogens is 238 g/mol. The van der Waals surface area contributed by atoms with Crippen LogP contribution in [0.4, 0.5) is 5.82 Å². The summed E-state index contributed by atoms with van der Waals surface area (Å²) in [6.07, 6.45) is 1.41. The van der Waals surface area contributed by atoms with Gasteiger partial charge in [-0.15, -0.1) is 0 Å². The van der Waals surface area contributed by atoms with E-state index in [1.807, 2.05) is 11.9 Å². The van der Waals surface area contributed by atoms with Crippen molar-refractivity contribution in [3.63, 3.8) is 0 Å². The number of rotatable bonds is 2. The van der Waals surface area contributed by atoms with E-state index in [4.69, 9.17) is 4.98 Å². The van der Waals surface area contributed by atoms with Gasteiger partial charge in [-0.05, 0) is 36.6 Å². The minimum absolute atomic E-state index is 0.0268. The summed E-state index contributed by atoms with van der Waals surface area (Å²) in [5.74, 6) is 0.916. The molecular formula is C15H17N3O. The molecule has 0 bridgehead atoms. The summed E-state index contributed by atoms with van der Waals surface area (Å²) < 4.78 is 0. The molecule has 0 unspecified atom stereocenters. The van der Waals surface area contributed by atoms with Crippen molar-refractivity contribution < 1.29 is 4.79 Å². The number of aryl methyl sites for hydroxylation is 1. The molecule has 1 aliphatic rings. The fraction of sp³-hybridized carbons (Fsp3) is 0.333. The molecule has 2 heterocycles. The van der Waals surface area contributed by atoms with E-state index in [0.717, 1.165) is 29.7 Å². The maximum Gasteiger partial charge on any atom is 0.238 e. The highest BCUT2D eigenvalue weighted by molar-refractivity contribution is 5.84. The van der Waals surface area contributed by atoms with Gasteiger partial charge in [0.15, 0.2) is 5.82 Å². The van der Waals surface area contributed by atoms with Crippen molar-refractivity contribution in [1.82, 2.24) is 10.4 Å². The lowest BCUT2D eigenvalue weighted by Crippen LogP contribution is -2.41. The SMILES string of the molecule is CCC(=O)NN1CCc2cc3ccc(C)cc3nc21. The fourth-order valence-electron chi connectivity index (χ4n) is 2.41. The molecule has 1 N–H and O–H groups in total. The summed E-state index contributed by atoms with van der Waals surface area (Å²) in [7, 11) is 0. The van der Waals surface area contributed by atoms with Crippen LogP contribution in [-0.2, 0) is 11.2 Å². The molecule has 98 valence electrons. The normalized spacial score (nSPS) is 13.7. The third-order valence-corrected chi connectivity index (χ3v) is 3.47. The van der Waals surface area contributed by atoms with E-state index < -0.39 is 0 Å². The van der Waals surface area contributed by atoms with E-state index in [1.165, 1.54) is 11.1 Å². The zero-order valence-electron chi connectivity index (χ0n) is 11.2. The zero-order chi connectivity index (χ0) is 13.4. The van der Waals surface area contributed by atoms with Crippen molar-refractivity contribution in [2.75, 3.05) is 11.6 Å². The second-order valence-corrected chi connectivity index (χ2v) is 4.96. The Morgan fingerprint density at radius 3 is 3.05 bits per heavy atom. The number of pyridine rings is 1. The number of benzene rings is 1. The third kappa shape index (κ3) is 2.14. The monoisotopic (exact) mass is 255 g/mol. The van der Waals surface area contributed by atoms with Crippen molar-refractivity contribution in [2.24, 2.45) is 0 Å². The summed E-state index contributed by atoms with van der Waals surface area (Å²) in [5.41, 5.74) is 6.28. The summed E-state index contributed by atoms with van der Waals surface area (Å²) >= 11 is 0. The molecule has 0 atom stereocenters. The lowest BCUT2D eigenvalue weighted by molar-refractivity contribution is -0.120. The topological polar surface area (TPSA) is 45.2 Å². The van der Waals surface area contributed by atoms with Crippen LogP contribution < -0.4 is 10.4 Å². The largest absolute Gasteiger partial charge is 0.273 e. The van der Waals surface area contributed by atoms with E-state index in [0.29, 0.717) is 6.42 Å². The van der Waals surface area contributed by atoms with Gasteiger partial charge in [-0.25, -0.2) is 4.98 Å². The number of carbonyl (C=O) groups excluding carboxylic acids is 1. The number of anilines is 1. The van der Waals surface area contributed by atoms with Gasteiger partial charge in [-0.1, -0.05) is 19.1 Å². The van der Waals surface area contributed by atoms with E-state index in [2.05, 4.69) is 36.6 Å². The van der Waals surface area contributed by atoms with Crippen LogP contribution in [-0.4, -0.2) is 17.4 Å². The summed E-state index contributed by atoms with van der Waals surface area (Å²) in [5, 5.41) is 3.02. The number of hydrazine groups is 1. The minimum Gasteiger partial charge on any atom is -0.273 e. The van der Waals surface area contributed by atoms with Crippen LogP contribution in [0.2, 0.25) is 0 Å². The first-order chi connectivity index (χ1) is 9.17. The molecule has 2 aromatic rings. The molecule has 0 fully saturated rings. The van der Waals surface area contributed by atoms with Gasteiger partial charge in [0.05, 0.1) is 5.52 Å². The predicted molar refractivity (Wildman–Crippen MR) is 76.0 cm³/mol. The van der Waals surface area contributed by atoms with Gasteiger partial charge in [0, 0.05) is 18.4 Å². The summed E-state index contributed by atoms with van der Waals surface area (Å²) in [4.78, 5) is 16.2. The lowest BCUT2D eigenvalue weighted by Gasteiger charge is -2.19. The second kappa shape index (κ2) is 4.53. The van der Waals surface area contributed by atoms with Crippen molar-refractivity contribution >= 4 is 22.6 Å².